The summed E-state index contributed by atoms with van der Waals surface area (Å²) >= 11 is 0. The molecule has 0 saturated carbocycles. The van der Waals surface area contributed by atoms with Crippen LogP contribution in [0, 0.1) is 0 Å². The van der Waals surface area contributed by atoms with Crippen molar-refractivity contribution in [3.05, 3.63) is 30.1 Å². The number of imidazole rings is 1. The number of fused-ring (bicyclic) bond motifs is 1. The quantitative estimate of drug-likeness (QED) is 0.904. The number of carbonyl (C=O) groups excluding carboxylic acids is 1. The lowest BCUT2D eigenvalue weighted by atomic mass is 10.0. The van der Waals surface area contributed by atoms with Crippen LogP contribution >= 0.6 is 0 Å². The van der Waals surface area contributed by atoms with E-state index in [4.69, 9.17) is 5.11 Å². The molecular formula is C15H19N3O3. The van der Waals surface area contributed by atoms with Gasteiger partial charge in [0.2, 0.25) is 0 Å². The van der Waals surface area contributed by atoms with Gasteiger partial charge >= 0.3 is 5.97 Å². The summed E-state index contributed by atoms with van der Waals surface area (Å²) in [4.78, 5) is 32.1. The third kappa shape index (κ3) is 3.39. The molecule has 0 unspecified atom stereocenters. The van der Waals surface area contributed by atoms with E-state index in [1.807, 2.05) is 20.8 Å². The number of aromatic nitrogens is 2. The third-order valence-electron chi connectivity index (χ3n) is 3.27. The maximum absolute atomic E-state index is 12.7. The van der Waals surface area contributed by atoms with Crippen LogP contribution in [-0.4, -0.2) is 43.9 Å². The molecule has 0 saturated heterocycles. The summed E-state index contributed by atoms with van der Waals surface area (Å²) in [6.07, 6.45) is 1.50. The highest BCUT2D eigenvalue weighted by atomic mass is 16.4. The maximum Gasteiger partial charge on any atom is 0.305 e. The molecule has 1 amide bonds. The van der Waals surface area contributed by atoms with Gasteiger partial charge in [0.15, 0.2) is 0 Å². The molecule has 2 N–H and O–H groups in total. The van der Waals surface area contributed by atoms with Gasteiger partial charge in [0, 0.05) is 17.6 Å². The lowest BCUT2D eigenvalue weighted by Crippen LogP contribution is -2.46. The van der Waals surface area contributed by atoms with Gasteiger partial charge in [-0.1, -0.05) is 0 Å². The molecule has 21 heavy (non-hydrogen) atoms. The number of carboxylic acid groups (broad SMARTS) is 1. The number of aromatic amines is 1. The predicted molar refractivity (Wildman–Crippen MR) is 79.1 cm³/mol. The molecule has 2 rings (SSSR count). The lowest BCUT2D eigenvalue weighted by Gasteiger charge is -2.35. The van der Waals surface area contributed by atoms with Crippen LogP contribution in [0.2, 0.25) is 0 Å². The zero-order valence-electron chi connectivity index (χ0n) is 12.4. The van der Waals surface area contributed by atoms with Crippen LogP contribution in [0.3, 0.4) is 0 Å². The van der Waals surface area contributed by atoms with Crippen LogP contribution in [0.15, 0.2) is 24.5 Å². The Hall–Kier alpha value is -2.37. The molecule has 0 fully saturated rings. The molecule has 1 aromatic carbocycles. The summed E-state index contributed by atoms with van der Waals surface area (Å²) in [5, 5.41) is 8.84. The highest BCUT2D eigenvalue weighted by Crippen LogP contribution is 2.20. The Labute approximate surface area is 122 Å². The van der Waals surface area contributed by atoms with Gasteiger partial charge in [0.05, 0.1) is 23.8 Å². The average Bonchev–Trinajstić information content (AvgIpc) is 2.83. The Kier molecular flexibility index (Phi) is 3.97. The number of amides is 1. The lowest BCUT2D eigenvalue weighted by molar-refractivity contribution is -0.137. The van der Waals surface area contributed by atoms with E-state index in [0.717, 1.165) is 11.0 Å². The number of hydrogen-bond donors (Lipinski definition) is 2. The molecule has 0 bridgehead atoms. The van der Waals surface area contributed by atoms with Crippen molar-refractivity contribution in [3.8, 4) is 0 Å². The van der Waals surface area contributed by atoms with E-state index < -0.39 is 11.5 Å². The number of hydrogen-bond acceptors (Lipinski definition) is 3. The number of benzene rings is 1. The Morgan fingerprint density at radius 1 is 1.33 bits per heavy atom. The third-order valence-corrected chi connectivity index (χ3v) is 3.27. The Morgan fingerprint density at radius 3 is 2.67 bits per heavy atom. The monoisotopic (exact) mass is 289 g/mol. The highest BCUT2D eigenvalue weighted by molar-refractivity contribution is 5.97. The fourth-order valence-corrected chi connectivity index (χ4v) is 2.17. The number of nitrogens with zero attached hydrogens (tertiary/aromatic N) is 2. The van der Waals surface area contributed by atoms with Gasteiger partial charge in [-0.05, 0) is 39.0 Å². The first-order chi connectivity index (χ1) is 9.79. The van der Waals surface area contributed by atoms with Gasteiger partial charge in [-0.2, -0.15) is 0 Å². The first-order valence-corrected chi connectivity index (χ1v) is 6.76. The molecular weight excluding hydrogens is 270 g/mol. The minimum atomic E-state index is -0.916. The number of nitrogens with one attached hydrogen (secondary N) is 1. The van der Waals surface area contributed by atoms with Crippen LogP contribution in [0.25, 0.3) is 11.0 Å². The number of carbonyl (C=O) groups is 2. The van der Waals surface area contributed by atoms with Crippen molar-refractivity contribution in [1.82, 2.24) is 14.9 Å². The first-order valence-electron chi connectivity index (χ1n) is 6.76. The fourth-order valence-electron chi connectivity index (χ4n) is 2.17. The summed E-state index contributed by atoms with van der Waals surface area (Å²) in [6.45, 7) is 5.85. The molecule has 6 nitrogen and oxygen atoms in total. The molecule has 2 aromatic rings. The second-order valence-electron chi connectivity index (χ2n) is 5.91. The average molecular weight is 289 g/mol. The van der Waals surface area contributed by atoms with Crippen LogP contribution < -0.4 is 0 Å². The van der Waals surface area contributed by atoms with Gasteiger partial charge in [0.1, 0.15) is 0 Å². The number of rotatable bonds is 4. The zero-order chi connectivity index (χ0) is 15.6. The van der Waals surface area contributed by atoms with Crippen molar-refractivity contribution in [2.24, 2.45) is 0 Å². The van der Waals surface area contributed by atoms with E-state index in [1.54, 1.807) is 29.4 Å². The van der Waals surface area contributed by atoms with Gasteiger partial charge in [-0.15, -0.1) is 0 Å². The summed E-state index contributed by atoms with van der Waals surface area (Å²) in [5.41, 5.74) is 1.65. The first kappa shape index (κ1) is 15.0. The summed E-state index contributed by atoms with van der Waals surface area (Å²) in [7, 11) is 0. The molecule has 0 atom stereocenters. The van der Waals surface area contributed by atoms with Crippen LogP contribution in [0.1, 0.15) is 37.6 Å². The molecule has 1 heterocycles. The standard InChI is InChI=1S/C15H19N3O3/c1-15(2,3)18(7-6-13(19)20)14(21)10-4-5-11-12(8-10)17-9-16-11/h4-5,8-9H,6-7H2,1-3H3,(H,16,17)(H,19,20). The van der Waals surface area contributed by atoms with Gasteiger partial charge < -0.3 is 15.0 Å². The van der Waals surface area contributed by atoms with E-state index in [0.29, 0.717) is 5.56 Å². The summed E-state index contributed by atoms with van der Waals surface area (Å²) in [6, 6.07) is 5.23. The Bertz CT molecular complexity index is 670. The minimum absolute atomic E-state index is 0.0741. The van der Waals surface area contributed by atoms with Crippen molar-refractivity contribution in [1.29, 1.82) is 0 Å². The molecule has 0 aliphatic rings. The van der Waals surface area contributed by atoms with E-state index in [-0.39, 0.29) is 18.9 Å². The molecule has 0 spiro atoms. The van der Waals surface area contributed by atoms with Crippen molar-refractivity contribution in [2.75, 3.05) is 6.54 Å². The van der Waals surface area contributed by atoms with Gasteiger partial charge in [-0.25, -0.2) is 4.98 Å². The minimum Gasteiger partial charge on any atom is -0.481 e. The topological polar surface area (TPSA) is 86.3 Å². The summed E-state index contributed by atoms with van der Waals surface area (Å²) in [5.74, 6) is -1.10. The molecule has 0 aliphatic carbocycles. The molecule has 6 heteroatoms. The van der Waals surface area contributed by atoms with E-state index in [1.165, 1.54) is 0 Å². The van der Waals surface area contributed by atoms with Crippen molar-refractivity contribution in [3.63, 3.8) is 0 Å². The molecule has 0 radical (unpaired) electrons. The van der Waals surface area contributed by atoms with E-state index in [2.05, 4.69) is 9.97 Å². The predicted octanol–water partition coefficient (Wildman–Crippen LogP) is 2.28. The molecule has 1 aromatic heterocycles. The molecule has 112 valence electrons. The van der Waals surface area contributed by atoms with Gasteiger partial charge in [0.25, 0.3) is 5.91 Å². The van der Waals surface area contributed by atoms with E-state index >= 15 is 0 Å². The fraction of sp³-hybridized carbons (Fsp3) is 0.400. The normalized spacial score (nSPS) is 11.6. The second kappa shape index (κ2) is 5.55. The maximum atomic E-state index is 12.7. The number of carboxylic acids is 1. The van der Waals surface area contributed by atoms with Crippen LogP contribution in [0.5, 0.6) is 0 Å². The van der Waals surface area contributed by atoms with Gasteiger partial charge in [-0.3, -0.25) is 9.59 Å². The highest BCUT2D eigenvalue weighted by Gasteiger charge is 2.27. The Morgan fingerprint density at radius 2 is 2.05 bits per heavy atom. The zero-order valence-corrected chi connectivity index (χ0v) is 12.4. The molecule has 0 aliphatic heterocycles. The van der Waals surface area contributed by atoms with Crippen LogP contribution in [-0.2, 0) is 4.79 Å². The van der Waals surface area contributed by atoms with Crippen molar-refractivity contribution >= 4 is 22.9 Å². The largest absolute Gasteiger partial charge is 0.481 e. The van der Waals surface area contributed by atoms with E-state index in [9.17, 15) is 9.59 Å². The smallest absolute Gasteiger partial charge is 0.305 e. The van der Waals surface area contributed by atoms with Crippen molar-refractivity contribution in [2.45, 2.75) is 32.7 Å². The SMILES string of the molecule is CC(C)(C)N(CCC(=O)O)C(=O)c1ccc2nc[nH]c2c1. The van der Waals surface area contributed by atoms with Crippen molar-refractivity contribution < 1.29 is 14.7 Å². The summed E-state index contributed by atoms with van der Waals surface area (Å²) < 4.78 is 0. The number of aliphatic carboxylic acids is 1. The number of H-pyrrole nitrogens is 1. The Balaban J connectivity index is 2.29. The van der Waals surface area contributed by atoms with Crippen LogP contribution in [0.4, 0.5) is 0 Å². The second-order valence-corrected chi connectivity index (χ2v) is 5.91.